The lowest BCUT2D eigenvalue weighted by Crippen LogP contribution is -2.22. The second kappa shape index (κ2) is 5.39. The van der Waals surface area contributed by atoms with Gasteiger partial charge in [0.2, 0.25) is 5.96 Å². The van der Waals surface area contributed by atoms with Crippen molar-refractivity contribution < 1.29 is 0 Å². The SMILES string of the molecule is C/C(=N/N=C(N)N)c1ccc(Cl)c(Cl)c1Cl. The van der Waals surface area contributed by atoms with Gasteiger partial charge in [0.1, 0.15) is 0 Å². The molecule has 0 aliphatic heterocycles. The summed E-state index contributed by atoms with van der Waals surface area (Å²) in [5.41, 5.74) is 11.5. The summed E-state index contributed by atoms with van der Waals surface area (Å²) in [6, 6.07) is 3.32. The summed E-state index contributed by atoms with van der Waals surface area (Å²) in [6.07, 6.45) is 0. The van der Waals surface area contributed by atoms with Gasteiger partial charge >= 0.3 is 0 Å². The summed E-state index contributed by atoms with van der Waals surface area (Å²) in [5.74, 6) is -0.129. The number of benzene rings is 1. The Morgan fingerprint density at radius 3 is 2.25 bits per heavy atom. The minimum Gasteiger partial charge on any atom is -0.369 e. The van der Waals surface area contributed by atoms with Gasteiger partial charge in [-0.15, -0.1) is 5.10 Å². The molecule has 0 atom stereocenters. The molecule has 0 unspecified atom stereocenters. The maximum absolute atomic E-state index is 6.00. The lowest BCUT2D eigenvalue weighted by atomic mass is 10.1. The summed E-state index contributed by atoms with van der Waals surface area (Å²) in [6.45, 7) is 1.71. The van der Waals surface area contributed by atoms with Crippen LogP contribution in [0.25, 0.3) is 0 Å². The third-order valence-corrected chi connectivity index (χ3v) is 3.03. The highest BCUT2D eigenvalue weighted by atomic mass is 35.5. The highest BCUT2D eigenvalue weighted by Crippen LogP contribution is 2.32. The topological polar surface area (TPSA) is 76.8 Å². The van der Waals surface area contributed by atoms with Crippen molar-refractivity contribution in [3.63, 3.8) is 0 Å². The number of halogens is 3. The van der Waals surface area contributed by atoms with Crippen LogP contribution in [0.1, 0.15) is 12.5 Å². The minimum atomic E-state index is -0.129. The van der Waals surface area contributed by atoms with Crippen molar-refractivity contribution in [3.05, 3.63) is 32.8 Å². The van der Waals surface area contributed by atoms with Crippen LogP contribution < -0.4 is 11.5 Å². The monoisotopic (exact) mass is 278 g/mol. The van der Waals surface area contributed by atoms with Gasteiger partial charge < -0.3 is 11.5 Å². The first-order valence-electron chi connectivity index (χ1n) is 4.20. The van der Waals surface area contributed by atoms with Gasteiger partial charge in [-0.3, -0.25) is 0 Å². The van der Waals surface area contributed by atoms with E-state index in [9.17, 15) is 0 Å². The van der Waals surface area contributed by atoms with Crippen LogP contribution in [0.5, 0.6) is 0 Å². The number of nitrogens with zero attached hydrogens (tertiary/aromatic N) is 2. The molecular formula is C9H9Cl3N4. The molecule has 0 fully saturated rings. The molecule has 16 heavy (non-hydrogen) atoms. The third kappa shape index (κ3) is 3.01. The first-order chi connectivity index (χ1) is 7.43. The Bertz CT molecular complexity index is 464. The molecule has 0 bridgehead atoms. The van der Waals surface area contributed by atoms with Crippen LogP contribution in [0.2, 0.25) is 15.1 Å². The number of hydrogen-bond acceptors (Lipinski definition) is 2. The van der Waals surface area contributed by atoms with Gasteiger partial charge in [-0.1, -0.05) is 40.9 Å². The zero-order valence-corrected chi connectivity index (χ0v) is 10.6. The molecule has 0 aromatic heterocycles. The fraction of sp³-hybridized carbons (Fsp3) is 0.111. The van der Waals surface area contributed by atoms with Crippen LogP contribution in [0.15, 0.2) is 22.3 Å². The van der Waals surface area contributed by atoms with Gasteiger partial charge in [0.15, 0.2) is 0 Å². The Hall–Kier alpha value is -0.970. The predicted molar refractivity (Wildman–Crippen MR) is 69.5 cm³/mol. The van der Waals surface area contributed by atoms with E-state index in [-0.39, 0.29) is 11.0 Å². The Morgan fingerprint density at radius 1 is 1.06 bits per heavy atom. The molecule has 0 radical (unpaired) electrons. The van der Waals surface area contributed by atoms with Gasteiger partial charge in [0.25, 0.3) is 0 Å². The standard InChI is InChI=1S/C9H9Cl3N4/c1-4(15-16-9(13)14)5-2-3-6(10)8(12)7(5)11/h2-3H,1H3,(H4,13,14,16)/b15-4-. The molecule has 0 aliphatic carbocycles. The van der Waals surface area contributed by atoms with Gasteiger partial charge in [-0.25, -0.2) is 0 Å². The molecule has 86 valence electrons. The van der Waals surface area contributed by atoms with Gasteiger partial charge in [0, 0.05) is 5.56 Å². The number of nitrogens with two attached hydrogens (primary N) is 2. The summed E-state index contributed by atoms with van der Waals surface area (Å²) >= 11 is 17.7. The fourth-order valence-electron chi connectivity index (χ4n) is 0.992. The van der Waals surface area contributed by atoms with Crippen LogP contribution in [0.3, 0.4) is 0 Å². The lowest BCUT2D eigenvalue weighted by molar-refractivity contribution is 1.20. The second-order valence-corrected chi connectivity index (χ2v) is 4.10. The molecule has 0 saturated carbocycles. The van der Waals surface area contributed by atoms with E-state index in [0.29, 0.717) is 21.3 Å². The molecule has 0 heterocycles. The summed E-state index contributed by atoms with van der Waals surface area (Å²) in [5, 5.41) is 8.29. The first-order valence-corrected chi connectivity index (χ1v) is 5.34. The zero-order chi connectivity index (χ0) is 12.3. The molecule has 4 nitrogen and oxygen atoms in total. The molecule has 1 aromatic carbocycles. The molecule has 0 aliphatic rings. The third-order valence-electron chi connectivity index (χ3n) is 1.74. The molecule has 0 saturated heterocycles. The Kier molecular flexibility index (Phi) is 4.41. The number of rotatable bonds is 2. The highest BCUT2D eigenvalue weighted by Gasteiger charge is 2.10. The van der Waals surface area contributed by atoms with Crippen LogP contribution in [0.4, 0.5) is 0 Å². The normalized spacial score (nSPS) is 11.4. The fourth-order valence-corrected chi connectivity index (χ4v) is 1.66. The van der Waals surface area contributed by atoms with Crippen LogP contribution in [-0.2, 0) is 0 Å². The van der Waals surface area contributed by atoms with Gasteiger partial charge in [-0.2, -0.15) is 5.10 Å². The second-order valence-electron chi connectivity index (χ2n) is 2.93. The molecule has 4 N–H and O–H groups in total. The maximum atomic E-state index is 6.00. The predicted octanol–water partition coefficient (Wildman–Crippen LogP) is 2.64. The average molecular weight is 280 g/mol. The molecule has 0 spiro atoms. The van der Waals surface area contributed by atoms with Crippen molar-refractivity contribution in [1.29, 1.82) is 0 Å². The van der Waals surface area contributed by atoms with E-state index in [1.165, 1.54) is 0 Å². The van der Waals surface area contributed by atoms with E-state index in [4.69, 9.17) is 46.3 Å². The van der Waals surface area contributed by atoms with Crippen LogP contribution in [0, 0.1) is 0 Å². The summed E-state index contributed by atoms with van der Waals surface area (Å²) < 4.78 is 0. The van der Waals surface area contributed by atoms with E-state index < -0.39 is 0 Å². The lowest BCUT2D eigenvalue weighted by Gasteiger charge is -2.05. The maximum Gasteiger partial charge on any atom is 0.211 e. The quantitative estimate of drug-likeness (QED) is 0.378. The van der Waals surface area contributed by atoms with Crippen LogP contribution >= 0.6 is 34.8 Å². The van der Waals surface area contributed by atoms with Crippen molar-refractivity contribution in [1.82, 2.24) is 0 Å². The Morgan fingerprint density at radius 2 is 1.69 bits per heavy atom. The summed E-state index contributed by atoms with van der Waals surface area (Å²) in [7, 11) is 0. The Labute approximate surface area is 108 Å². The molecule has 1 rings (SSSR count). The Balaban J connectivity index is 3.20. The molecule has 0 amide bonds. The van der Waals surface area contributed by atoms with Gasteiger partial charge in [-0.05, 0) is 13.0 Å². The van der Waals surface area contributed by atoms with Crippen LogP contribution in [-0.4, -0.2) is 11.7 Å². The van der Waals surface area contributed by atoms with Crippen molar-refractivity contribution >= 4 is 46.5 Å². The molecular weight excluding hydrogens is 270 g/mol. The molecule has 7 heteroatoms. The van der Waals surface area contributed by atoms with Crippen molar-refractivity contribution in [2.24, 2.45) is 21.7 Å². The van der Waals surface area contributed by atoms with E-state index in [0.717, 1.165) is 0 Å². The largest absolute Gasteiger partial charge is 0.369 e. The van der Waals surface area contributed by atoms with E-state index in [1.54, 1.807) is 19.1 Å². The van der Waals surface area contributed by atoms with Crippen molar-refractivity contribution in [3.8, 4) is 0 Å². The number of guanidine groups is 1. The average Bonchev–Trinajstić information content (AvgIpc) is 2.23. The van der Waals surface area contributed by atoms with Crippen molar-refractivity contribution in [2.75, 3.05) is 0 Å². The van der Waals surface area contributed by atoms with Gasteiger partial charge in [0.05, 0.1) is 20.8 Å². The molecule has 1 aromatic rings. The van der Waals surface area contributed by atoms with E-state index >= 15 is 0 Å². The first kappa shape index (κ1) is 13.1. The smallest absolute Gasteiger partial charge is 0.211 e. The number of hydrogen-bond donors (Lipinski definition) is 2. The highest BCUT2D eigenvalue weighted by molar-refractivity contribution is 6.49. The zero-order valence-electron chi connectivity index (χ0n) is 8.34. The minimum absolute atomic E-state index is 0.129. The van der Waals surface area contributed by atoms with E-state index in [2.05, 4.69) is 10.2 Å². The van der Waals surface area contributed by atoms with Crippen molar-refractivity contribution in [2.45, 2.75) is 6.92 Å². The summed E-state index contributed by atoms with van der Waals surface area (Å²) in [4.78, 5) is 0. The van der Waals surface area contributed by atoms with E-state index in [1.807, 2.05) is 0 Å².